The molecule has 2 saturated carbocycles. The summed E-state index contributed by atoms with van der Waals surface area (Å²) in [5.41, 5.74) is 0.0874. The Hall–Kier alpha value is -0.0900. The molecular formula is C12H22O3S. The van der Waals surface area contributed by atoms with Crippen LogP contribution in [0.25, 0.3) is 0 Å². The van der Waals surface area contributed by atoms with Crippen LogP contribution in [-0.2, 0) is 9.84 Å². The van der Waals surface area contributed by atoms with E-state index in [0.29, 0.717) is 6.42 Å². The van der Waals surface area contributed by atoms with E-state index in [9.17, 15) is 13.5 Å². The van der Waals surface area contributed by atoms with E-state index in [0.717, 1.165) is 32.1 Å². The second kappa shape index (κ2) is 3.98. The zero-order valence-electron chi connectivity index (χ0n) is 10.1. The van der Waals surface area contributed by atoms with Crippen LogP contribution in [0.4, 0.5) is 0 Å². The number of hydrogen-bond acceptors (Lipinski definition) is 3. The molecule has 2 aliphatic rings. The summed E-state index contributed by atoms with van der Waals surface area (Å²) >= 11 is 0. The monoisotopic (exact) mass is 246 g/mol. The van der Waals surface area contributed by atoms with Gasteiger partial charge in [0.2, 0.25) is 0 Å². The van der Waals surface area contributed by atoms with Crippen molar-refractivity contribution >= 4 is 9.84 Å². The van der Waals surface area contributed by atoms with E-state index in [1.165, 1.54) is 6.26 Å². The van der Waals surface area contributed by atoms with E-state index in [-0.39, 0.29) is 22.7 Å². The molecule has 0 saturated heterocycles. The lowest BCUT2D eigenvalue weighted by Gasteiger charge is -2.34. The highest BCUT2D eigenvalue weighted by Crippen LogP contribution is 2.52. The van der Waals surface area contributed by atoms with Crippen LogP contribution < -0.4 is 0 Å². The van der Waals surface area contributed by atoms with Crippen molar-refractivity contribution in [1.82, 2.24) is 0 Å². The number of aliphatic hydroxyl groups excluding tert-OH is 1. The van der Waals surface area contributed by atoms with E-state index in [2.05, 4.69) is 6.92 Å². The normalized spacial score (nSPS) is 35.7. The minimum atomic E-state index is -2.93. The summed E-state index contributed by atoms with van der Waals surface area (Å²) in [4.78, 5) is 0. The van der Waals surface area contributed by atoms with Gasteiger partial charge < -0.3 is 5.11 Å². The van der Waals surface area contributed by atoms with Gasteiger partial charge in [0, 0.05) is 6.26 Å². The molecule has 4 heteroatoms. The van der Waals surface area contributed by atoms with E-state index in [1.807, 2.05) is 0 Å². The maximum absolute atomic E-state index is 11.5. The zero-order chi connectivity index (χ0) is 12.0. The van der Waals surface area contributed by atoms with Crippen LogP contribution >= 0.6 is 0 Å². The third kappa shape index (κ3) is 2.43. The van der Waals surface area contributed by atoms with Gasteiger partial charge in [-0.25, -0.2) is 8.42 Å². The van der Waals surface area contributed by atoms with Gasteiger partial charge in [0.25, 0.3) is 0 Å². The summed E-state index contributed by atoms with van der Waals surface area (Å²) in [6, 6.07) is 0. The lowest BCUT2D eigenvalue weighted by molar-refractivity contribution is 0.0291. The van der Waals surface area contributed by atoms with Crippen LogP contribution in [-0.4, -0.2) is 31.1 Å². The number of hydrogen-bond donors (Lipinski definition) is 1. The minimum absolute atomic E-state index is 0.0874. The summed E-state index contributed by atoms with van der Waals surface area (Å²) in [7, 11) is -2.93. The second-order valence-electron chi connectivity index (χ2n) is 5.98. The van der Waals surface area contributed by atoms with Crippen molar-refractivity contribution in [3.63, 3.8) is 0 Å². The molecule has 0 radical (unpaired) electrons. The van der Waals surface area contributed by atoms with Crippen LogP contribution in [0, 0.1) is 11.3 Å². The first-order valence-electron chi connectivity index (χ1n) is 6.20. The number of rotatable bonds is 3. The second-order valence-corrected chi connectivity index (χ2v) is 8.30. The Kier molecular flexibility index (Phi) is 3.08. The molecule has 0 aliphatic heterocycles. The molecule has 3 atom stereocenters. The maximum Gasteiger partial charge on any atom is 0.150 e. The molecule has 0 heterocycles. The van der Waals surface area contributed by atoms with Crippen LogP contribution in [0.5, 0.6) is 0 Å². The van der Waals surface area contributed by atoms with Crippen LogP contribution in [0.15, 0.2) is 0 Å². The van der Waals surface area contributed by atoms with Gasteiger partial charge in [0.05, 0.1) is 11.4 Å². The summed E-state index contributed by atoms with van der Waals surface area (Å²) in [6.45, 7) is 2.11. The van der Waals surface area contributed by atoms with Gasteiger partial charge in [0.1, 0.15) is 9.84 Å². The molecule has 0 spiro atoms. The molecule has 0 amide bonds. The van der Waals surface area contributed by atoms with Crippen molar-refractivity contribution < 1.29 is 13.5 Å². The Morgan fingerprint density at radius 3 is 2.44 bits per heavy atom. The molecule has 16 heavy (non-hydrogen) atoms. The molecule has 1 N–H and O–H groups in total. The van der Waals surface area contributed by atoms with Crippen molar-refractivity contribution in [1.29, 1.82) is 0 Å². The minimum Gasteiger partial charge on any atom is -0.392 e. The molecule has 3 nitrogen and oxygen atoms in total. The molecule has 2 rings (SSSR count). The van der Waals surface area contributed by atoms with E-state index in [4.69, 9.17) is 0 Å². The van der Waals surface area contributed by atoms with Gasteiger partial charge in [-0.3, -0.25) is 0 Å². The summed E-state index contributed by atoms with van der Waals surface area (Å²) in [5, 5.41) is 10.0. The molecule has 0 aromatic heterocycles. The van der Waals surface area contributed by atoms with E-state index >= 15 is 0 Å². The highest BCUT2D eigenvalue weighted by atomic mass is 32.2. The Morgan fingerprint density at radius 2 is 1.94 bits per heavy atom. The quantitative estimate of drug-likeness (QED) is 0.825. The fraction of sp³-hybridized carbons (Fsp3) is 1.00. The Bertz CT molecular complexity index is 356. The molecule has 0 bridgehead atoms. The lowest BCUT2D eigenvalue weighted by Crippen LogP contribution is -2.36. The Morgan fingerprint density at radius 1 is 1.31 bits per heavy atom. The average Bonchev–Trinajstić information content (AvgIpc) is 2.96. The smallest absolute Gasteiger partial charge is 0.150 e. The number of sulfone groups is 1. The molecule has 0 aromatic rings. The van der Waals surface area contributed by atoms with Crippen LogP contribution in [0.2, 0.25) is 0 Å². The third-order valence-electron chi connectivity index (χ3n) is 4.47. The highest BCUT2D eigenvalue weighted by molar-refractivity contribution is 7.91. The highest BCUT2D eigenvalue weighted by Gasteiger charge is 2.48. The molecule has 2 aliphatic carbocycles. The summed E-state index contributed by atoms with van der Waals surface area (Å²) in [6.07, 6.45) is 6.58. The maximum atomic E-state index is 11.5. The Labute approximate surface area is 98.2 Å². The van der Waals surface area contributed by atoms with Crippen LogP contribution in [0.3, 0.4) is 0 Å². The van der Waals surface area contributed by atoms with Crippen molar-refractivity contribution in [3.05, 3.63) is 0 Å². The van der Waals surface area contributed by atoms with Crippen molar-refractivity contribution in [2.75, 3.05) is 6.26 Å². The molecule has 2 fully saturated rings. The zero-order valence-corrected chi connectivity index (χ0v) is 11.0. The largest absolute Gasteiger partial charge is 0.392 e. The van der Waals surface area contributed by atoms with E-state index < -0.39 is 9.84 Å². The molecule has 3 unspecified atom stereocenters. The van der Waals surface area contributed by atoms with Gasteiger partial charge in [-0.1, -0.05) is 13.3 Å². The Balaban J connectivity index is 2.02. The summed E-state index contributed by atoms with van der Waals surface area (Å²) in [5.74, 6) is 0.195. The predicted octanol–water partition coefficient (Wildman–Crippen LogP) is 1.75. The van der Waals surface area contributed by atoms with Gasteiger partial charge in [-0.15, -0.1) is 0 Å². The first kappa shape index (κ1) is 12.4. The molecule has 94 valence electrons. The van der Waals surface area contributed by atoms with Gasteiger partial charge in [0.15, 0.2) is 0 Å². The van der Waals surface area contributed by atoms with Gasteiger partial charge >= 0.3 is 0 Å². The SMILES string of the molecule is CC1(C(O)C2CCCC(S(C)(=O)=O)C2)CC1. The third-order valence-corrected chi connectivity index (χ3v) is 6.11. The first-order chi connectivity index (χ1) is 7.33. The standard InChI is InChI=1S/C12H22O3S/c1-12(6-7-12)11(13)9-4-3-5-10(8-9)16(2,14)15/h9-11,13H,3-8H2,1-2H3. The molecular weight excluding hydrogens is 224 g/mol. The van der Waals surface area contributed by atoms with Crippen molar-refractivity contribution in [2.24, 2.45) is 11.3 Å². The van der Waals surface area contributed by atoms with Gasteiger partial charge in [-0.2, -0.15) is 0 Å². The average molecular weight is 246 g/mol. The molecule has 0 aromatic carbocycles. The van der Waals surface area contributed by atoms with E-state index in [1.54, 1.807) is 0 Å². The number of aliphatic hydroxyl groups is 1. The fourth-order valence-corrected chi connectivity index (χ4v) is 4.11. The van der Waals surface area contributed by atoms with Crippen molar-refractivity contribution in [2.45, 2.75) is 56.8 Å². The lowest BCUT2D eigenvalue weighted by atomic mass is 9.79. The van der Waals surface area contributed by atoms with Crippen LogP contribution in [0.1, 0.15) is 45.4 Å². The first-order valence-corrected chi connectivity index (χ1v) is 8.15. The fourth-order valence-electron chi connectivity index (χ4n) is 2.92. The summed E-state index contributed by atoms with van der Waals surface area (Å²) < 4.78 is 23.1. The topological polar surface area (TPSA) is 54.4 Å². The van der Waals surface area contributed by atoms with Gasteiger partial charge in [-0.05, 0) is 43.4 Å². The van der Waals surface area contributed by atoms with Crippen molar-refractivity contribution in [3.8, 4) is 0 Å². The predicted molar refractivity (Wildman–Crippen MR) is 63.9 cm³/mol.